The number of aromatic nitrogens is 2. The molecule has 0 bridgehead atoms. The third kappa shape index (κ3) is 2.86. The monoisotopic (exact) mass is 283 g/mol. The molecule has 1 aromatic carbocycles. The van der Waals surface area contributed by atoms with Gasteiger partial charge in [0.2, 0.25) is 0 Å². The quantitative estimate of drug-likeness (QED) is 0.934. The molecule has 0 amide bonds. The normalized spacial score (nSPS) is 12.7. The summed E-state index contributed by atoms with van der Waals surface area (Å²) in [6.07, 6.45) is 4.39. The molecule has 0 spiro atoms. The topological polar surface area (TPSA) is 43.8 Å². The molecule has 3 nitrogen and oxygen atoms in total. The molecule has 0 aliphatic heterocycles. The van der Waals surface area contributed by atoms with Crippen LogP contribution in [-0.4, -0.2) is 9.55 Å². The summed E-state index contributed by atoms with van der Waals surface area (Å²) in [5.41, 5.74) is 7.07. The zero-order valence-electron chi connectivity index (χ0n) is 10.1. The van der Waals surface area contributed by atoms with Gasteiger partial charge >= 0.3 is 0 Å². The van der Waals surface area contributed by atoms with Crippen molar-refractivity contribution in [2.45, 2.75) is 25.9 Å². The first kappa shape index (κ1) is 13.4. The summed E-state index contributed by atoms with van der Waals surface area (Å²) < 4.78 is 2.07. The minimum Gasteiger partial charge on any atom is -0.335 e. The third-order valence-corrected chi connectivity index (χ3v) is 3.47. The summed E-state index contributed by atoms with van der Waals surface area (Å²) in [4.78, 5) is 4.31. The molecule has 1 heterocycles. The zero-order valence-corrected chi connectivity index (χ0v) is 11.6. The van der Waals surface area contributed by atoms with Gasteiger partial charge in [0.05, 0.1) is 0 Å². The second-order valence-electron chi connectivity index (χ2n) is 4.11. The Balaban J connectivity index is 2.19. The number of hydrogen-bond donors (Lipinski definition) is 1. The number of benzene rings is 1. The van der Waals surface area contributed by atoms with E-state index in [1.165, 1.54) is 0 Å². The van der Waals surface area contributed by atoms with Gasteiger partial charge in [-0.25, -0.2) is 4.98 Å². The molecular weight excluding hydrogens is 269 g/mol. The summed E-state index contributed by atoms with van der Waals surface area (Å²) in [6.45, 7) is 2.96. The Kier molecular flexibility index (Phi) is 4.27. The fourth-order valence-electron chi connectivity index (χ4n) is 1.93. The average molecular weight is 284 g/mol. The number of aryl methyl sites for hydroxylation is 1. The molecule has 1 atom stereocenters. The first-order valence-electron chi connectivity index (χ1n) is 5.82. The van der Waals surface area contributed by atoms with Gasteiger partial charge in [0.15, 0.2) is 0 Å². The summed E-state index contributed by atoms with van der Waals surface area (Å²) >= 11 is 12.0. The summed E-state index contributed by atoms with van der Waals surface area (Å²) in [5, 5.41) is 1.22. The average Bonchev–Trinajstić information content (AvgIpc) is 2.76. The van der Waals surface area contributed by atoms with Gasteiger partial charge in [-0.1, -0.05) is 29.3 Å². The molecule has 1 aromatic heterocycles. The van der Waals surface area contributed by atoms with Crippen molar-refractivity contribution in [1.82, 2.24) is 9.55 Å². The van der Waals surface area contributed by atoms with E-state index in [4.69, 9.17) is 28.9 Å². The van der Waals surface area contributed by atoms with Crippen LogP contribution in [0.15, 0.2) is 30.6 Å². The highest BCUT2D eigenvalue weighted by molar-refractivity contribution is 6.35. The van der Waals surface area contributed by atoms with E-state index in [0.29, 0.717) is 16.5 Å². The summed E-state index contributed by atoms with van der Waals surface area (Å²) in [7, 11) is 0. The van der Waals surface area contributed by atoms with Crippen molar-refractivity contribution in [3.63, 3.8) is 0 Å². The maximum Gasteiger partial charge on any atom is 0.110 e. The van der Waals surface area contributed by atoms with E-state index in [-0.39, 0.29) is 6.04 Å². The molecule has 2 rings (SSSR count). The summed E-state index contributed by atoms with van der Waals surface area (Å²) in [5.74, 6) is 0.969. The molecule has 0 fully saturated rings. The molecule has 5 heteroatoms. The van der Waals surface area contributed by atoms with E-state index >= 15 is 0 Å². The van der Waals surface area contributed by atoms with E-state index in [1.54, 1.807) is 18.3 Å². The van der Waals surface area contributed by atoms with Crippen LogP contribution in [0.1, 0.15) is 24.4 Å². The van der Waals surface area contributed by atoms with E-state index in [9.17, 15) is 0 Å². The van der Waals surface area contributed by atoms with E-state index < -0.39 is 0 Å². The predicted molar refractivity (Wildman–Crippen MR) is 75.0 cm³/mol. The lowest BCUT2D eigenvalue weighted by Gasteiger charge is -2.14. The number of halogens is 2. The maximum atomic E-state index is 6.18. The first-order valence-corrected chi connectivity index (χ1v) is 6.58. The second kappa shape index (κ2) is 5.74. The molecule has 0 aliphatic rings. The van der Waals surface area contributed by atoms with Crippen molar-refractivity contribution in [2.24, 2.45) is 5.73 Å². The molecule has 2 N–H and O–H groups in total. The highest BCUT2D eigenvalue weighted by atomic mass is 35.5. The number of imidazole rings is 1. The van der Waals surface area contributed by atoms with Gasteiger partial charge in [-0.15, -0.1) is 0 Å². The lowest BCUT2D eigenvalue weighted by molar-refractivity contribution is 0.628. The Hall–Kier alpha value is -1.03. The first-order chi connectivity index (χ1) is 8.61. The maximum absolute atomic E-state index is 6.18. The number of rotatable bonds is 4. The van der Waals surface area contributed by atoms with Gasteiger partial charge < -0.3 is 10.3 Å². The standard InChI is InChI=1S/C13H15Cl2N3/c1-2-18-6-5-17-13(18)8-12(16)10-4-3-9(14)7-11(10)15/h3-7,12H,2,8,16H2,1H3. The number of hydrogen-bond acceptors (Lipinski definition) is 2. The highest BCUT2D eigenvalue weighted by Gasteiger charge is 2.13. The lowest BCUT2D eigenvalue weighted by Crippen LogP contribution is -2.16. The molecule has 0 saturated heterocycles. The second-order valence-corrected chi connectivity index (χ2v) is 4.95. The number of nitrogens with zero attached hydrogens (tertiary/aromatic N) is 2. The van der Waals surface area contributed by atoms with E-state index in [2.05, 4.69) is 16.5 Å². The Morgan fingerprint density at radius 2 is 2.17 bits per heavy atom. The molecule has 2 aromatic rings. The van der Waals surface area contributed by atoms with Gasteiger partial charge in [0, 0.05) is 41.4 Å². The van der Waals surface area contributed by atoms with Gasteiger partial charge in [0.25, 0.3) is 0 Å². The molecular formula is C13H15Cl2N3. The fraction of sp³-hybridized carbons (Fsp3) is 0.308. The van der Waals surface area contributed by atoms with Crippen molar-refractivity contribution in [1.29, 1.82) is 0 Å². The van der Waals surface area contributed by atoms with Gasteiger partial charge in [-0.05, 0) is 24.6 Å². The van der Waals surface area contributed by atoms with Crippen molar-refractivity contribution in [3.8, 4) is 0 Å². The Bertz CT molecular complexity index is 537. The van der Waals surface area contributed by atoms with Crippen molar-refractivity contribution < 1.29 is 0 Å². The van der Waals surface area contributed by atoms with Crippen LogP contribution >= 0.6 is 23.2 Å². The van der Waals surface area contributed by atoms with E-state index in [1.807, 2.05) is 12.3 Å². The minimum absolute atomic E-state index is 0.178. The molecule has 0 radical (unpaired) electrons. The van der Waals surface area contributed by atoms with Crippen LogP contribution in [0.3, 0.4) is 0 Å². The van der Waals surface area contributed by atoms with Crippen LogP contribution < -0.4 is 5.73 Å². The van der Waals surface area contributed by atoms with Crippen LogP contribution in [0.2, 0.25) is 10.0 Å². The summed E-state index contributed by atoms with van der Waals surface area (Å²) in [6, 6.07) is 5.20. The van der Waals surface area contributed by atoms with E-state index in [0.717, 1.165) is 17.9 Å². The van der Waals surface area contributed by atoms with Crippen LogP contribution in [0.5, 0.6) is 0 Å². The smallest absolute Gasteiger partial charge is 0.110 e. The van der Waals surface area contributed by atoms with Crippen molar-refractivity contribution >= 4 is 23.2 Å². The largest absolute Gasteiger partial charge is 0.335 e. The van der Waals surface area contributed by atoms with Crippen LogP contribution in [0, 0.1) is 0 Å². The van der Waals surface area contributed by atoms with Crippen LogP contribution in [0.25, 0.3) is 0 Å². The molecule has 18 heavy (non-hydrogen) atoms. The van der Waals surface area contributed by atoms with Gasteiger partial charge in [0.1, 0.15) is 5.82 Å². The lowest BCUT2D eigenvalue weighted by atomic mass is 10.0. The SMILES string of the molecule is CCn1ccnc1CC(N)c1ccc(Cl)cc1Cl. The molecule has 0 aliphatic carbocycles. The highest BCUT2D eigenvalue weighted by Crippen LogP contribution is 2.26. The van der Waals surface area contributed by atoms with Crippen LogP contribution in [0.4, 0.5) is 0 Å². The van der Waals surface area contributed by atoms with Gasteiger partial charge in [-0.2, -0.15) is 0 Å². The number of nitrogens with two attached hydrogens (primary N) is 1. The van der Waals surface area contributed by atoms with Crippen molar-refractivity contribution in [3.05, 3.63) is 52.0 Å². The third-order valence-electron chi connectivity index (χ3n) is 2.91. The van der Waals surface area contributed by atoms with Gasteiger partial charge in [-0.3, -0.25) is 0 Å². The Morgan fingerprint density at radius 1 is 1.39 bits per heavy atom. The Labute approximate surface area is 117 Å². The van der Waals surface area contributed by atoms with Crippen molar-refractivity contribution in [2.75, 3.05) is 0 Å². The predicted octanol–water partition coefficient (Wildman–Crippen LogP) is 3.45. The zero-order chi connectivity index (χ0) is 13.1. The fourth-order valence-corrected chi connectivity index (χ4v) is 2.48. The molecule has 96 valence electrons. The minimum atomic E-state index is -0.178. The molecule has 0 saturated carbocycles. The molecule has 1 unspecified atom stereocenters. The van der Waals surface area contributed by atoms with Crippen LogP contribution in [-0.2, 0) is 13.0 Å². The Morgan fingerprint density at radius 3 is 2.83 bits per heavy atom.